The van der Waals surface area contributed by atoms with E-state index in [4.69, 9.17) is 9.47 Å². The monoisotopic (exact) mass is 468 g/mol. The van der Waals surface area contributed by atoms with Crippen molar-refractivity contribution in [3.05, 3.63) is 52.5 Å². The molecule has 7 nitrogen and oxygen atoms in total. The highest BCUT2D eigenvalue weighted by Gasteiger charge is 2.24. The second kappa shape index (κ2) is 8.40. The zero-order chi connectivity index (χ0) is 20.3. The number of nitrogens with one attached hydrogen (secondary N) is 1. The second-order valence-electron chi connectivity index (χ2n) is 6.50. The molecule has 0 spiro atoms. The molecular weight excluding hydrogens is 448 g/mol. The lowest BCUT2D eigenvalue weighted by Crippen LogP contribution is -2.45. The molecule has 0 radical (unpaired) electrons. The number of rotatable bonds is 6. The number of ether oxygens (including phenoxy) is 2. The van der Waals surface area contributed by atoms with Crippen molar-refractivity contribution < 1.29 is 22.7 Å². The molecule has 9 heteroatoms. The van der Waals surface area contributed by atoms with Crippen molar-refractivity contribution in [1.82, 2.24) is 5.32 Å². The van der Waals surface area contributed by atoms with E-state index >= 15 is 0 Å². The maximum Gasteiger partial charge on any atom is 0.240 e. The van der Waals surface area contributed by atoms with E-state index in [-0.39, 0.29) is 19.2 Å². The van der Waals surface area contributed by atoms with Crippen LogP contribution in [0.15, 0.2) is 46.9 Å². The number of halogens is 1. The lowest BCUT2D eigenvalue weighted by molar-refractivity contribution is -0.120. The van der Waals surface area contributed by atoms with Gasteiger partial charge < -0.3 is 14.8 Å². The van der Waals surface area contributed by atoms with Gasteiger partial charge in [-0.05, 0) is 42.8 Å². The number of aryl methyl sites for hydroxylation is 1. The van der Waals surface area contributed by atoms with Crippen LogP contribution in [0.5, 0.6) is 11.5 Å². The van der Waals surface area contributed by atoms with Crippen LogP contribution in [-0.4, -0.2) is 46.4 Å². The fraction of sp³-hybridized carbons (Fsp3) is 0.316. The van der Waals surface area contributed by atoms with E-state index in [1.165, 1.54) is 0 Å². The Labute approximate surface area is 172 Å². The van der Waals surface area contributed by atoms with Gasteiger partial charge in [-0.3, -0.25) is 9.10 Å². The molecule has 1 N–H and O–H groups in total. The number of anilines is 1. The smallest absolute Gasteiger partial charge is 0.240 e. The normalized spacial score (nSPS) is 15.8. The average molecular weight is 469 g/mol. The standard InChI is InChI=1S/C19H21BrN2O5S/c1-13-9-14(7-8-16(13)20)22(28(2,24)25)11-19(23)21-10-15-12-26-17-5-3-4-6-18(17)27-15/h3-9,15H,10-12H2,1-2H3,(H,21,23)/t15-/m1/s1. The third-order valence-electron chi connectivity index (χ3n) is 4.21. The minimum Gasteiger partial charge on any atom is -0.486 e. The van der Waals surface area contributed by atoms with Crippen LogP contribution < -0.4 is 19.1 Å². The first kappa shape index (κ1) is 20.5. The van der Waals surface area contributed by atoms with Crippen LogP contribution in [0.1, 0.15) is 5.56 Å². The van der Waals surface area contributed by atoms with Crippen molar-refractivity contribution >= 4 is 37.5 Å². The third kappa shape index (κ3) is 4.96. The maximum absolute atomic E-state index is 12.4. The number of hydrogen-bond acceptors (Lipinski definition) is 5. The van der Waals surface area contributed by atoms with Crippen molar-refractivity contribution in [3.63, 3.8) is 0 Å². The predicted octanol–water partition coefficient (Wildman–Crippen LogP) is 2.48. The SMILES string of the molecule is Cc1cc(N(CC(=O)NC[C@@H]2COc3ccccc3O2)S(C)(=O)=O)ccc1Br. The van der Waals surface area contributed by atoms with Gasteiger partial charge in [0.2, 0.25) is 15.9 Å². The molecule has 1 atom stereocenters. The van der Waals surface area contributed by atoms with E-state index in [9.17, 15) is 13.2 Å². The molecule has 28 heavy (non-hydrogen) atoms. The number of para-hydroxylation sites is 2. The zero-order valence-corrected chi connectivity index (χ0v) is 17.9. The number of nitrogens with zero attached hydrogens (tertiary/aromatic N) is 1. The predicted molar refractivity (Wildman–Crippen MR) is 110 cm³/mol. The van der Waals surface area contributed by atoms with Crippen LogP contribution in [0, 0.1) is 6.92 Å². The first-order valence-electron chi connectivity index (χ1n) is 8.63. The quantitative estimate of drug-likeness (QED) is 0.703. The van der Waals surface area contributed by atoms with Crippen LogP contribution >= 0.6 is 15.9 Å². The number of hydrogen-bond donors (Lipinski definition) is 1. The molecule has 2 aromatic carbocycles. The summed E-state index contributed by atoms with van der Waals surface area (Å²) in [6, 6.07) is 12.4. The molecule has 1 aliphatic rings. The van der Waals surface area contributed by atoms with Gasteiger partial charge in [0, 0.05) is 4.47 Å². The van der Waals surface area contributed by atoms with Gasteiger partial charge in [0.25, 0.3) is 0 Å². The Bertz CT molecular complexity index is 980. The molecule has 3 rings (SSSR count). The van der Waals surface area contributed by atoms with Crippen molar-refractivity contribution in [2.24, 2.45) is 0 Å². The Hall–Kier alpha value is -2.26. The topological polar surface area (TPSA) is 84.9 Å². The summed E-state index contributed by atoms with van der Waals surface area (Å²) >= 11 is 3.39. The van der Waals surface area contributed by atoms with Crippen LogP contribution in [0.2, 0.25) is 0 Å². The molecule has 0 aliphatic carbocycles. The average Bonchev–Trinajstić information content (AvgIpc) is 2.65. The van der Waals surface area contributed by atoms with E-state index < -0.39 is 15.9 Å². The van der Waals surface area contributed by atoms with Gasteiger partial charge in [-0.1, -0.05) is 28.1 Å². The number of carbonyl (C=O) groups is 1. The van der Waals surface area contributed by atoms with Crippen LogP contribution in [0.4, 0.5) is 5.69 Å². The summed E-state index contributed by atoms with van der Waals surface area (Å²) in [5, 5.41) is 2.72. The van der Waals surface area contributed by atoms with Crippen molar-refractivity contribution in [3.8, 4) is 11.5 Å². The molecule has 0 saturated heterocycles. The van der Waals surface area contributed by atoms with Gasteiger partial charge in [0.05, 0.1) is 18.5 Å². The summed E-state index contributed by atoms with van der Waals surface area (Å²) < 4.78 is 37.7. The maximum atomic E-state index is 12.4. The van der Waals surface area contributed by atoms with Crippen molar-refractivity contribution in [1.29, 1.82) is 0 Å². The van der Waals surface area contributed by atoms with Crippen molar-refractivity contribution in [2.45, 2.75) is 13.0 Å². The molecule has 0 unspecified atom stereocenters. The fourth-order valence-electron chi connectivity index (χ4n) is 2.76. The molecular formula is C19H21BrN2O5S. The summed E-state index contributed by atoms with van der Waals surface area (Å²) in [5.74, 6) is 0.864. The molecule has 0 bridgehead atoms. The number of sulfonamides is 1. The summed E-state index contributed by atoms with van der Waals surface area (Å²) in [6.07, 6.45) is 0.729. The summed E-state index contributed by atoms with van der Waals surface area (Å²) in [5.41, 5.74) is 1.31. The first-order chi connectivity index (χ1) is 13.2. The Morgan fingerprint density at radius 3 is 2.64 bits per heavy atom. The van der Waals surface area contributed by atoms with E-state index in [1.807, 2.05) is 25.1 Å². The summed E-state index contributed by atoms with van der Waals surface area (Å²) in [6.45, 7) is 2.06. The van der Waals surface area contributed by atoms with E-state index in [2.05, 4.69) is 21.2 Å². The number of fused-ring (bicyclic) bond motifs is 1. The minimum absolute atomic E-state index is 0.212. The Morgan fingerprint density at radius 2 is 1.96 bits per heavy atom. The highest BCUT2D eigenvalue weighted by Crippen LogP contribution is 2.30. The molecule has 1 amide bonds. The Kier molecular flexibility index (Phi) is 6.14. The number of carbonyl (C=O) groups excluding carboxylic acids is 1. The molecule has 1 heterocycles. The molecule has 1 aliphatic heterocycles. The van der Waals surface area contributed by atoms with Gasteiger partial charge in [-0.2, -0.15) is 0 Å². The van der Waals surface area contributed by atoms with Crippen LogP contribution in [-0.2, 0) is 14.8 Å². The zero-order valence-electron chi connectivity index (χ0n) is 15.5. The van der Waals surface area contributed by atoms with E-state index in [1.54, 1.807) is 24.3 Å². The lowest BCUT2D eigenvalue weighted by atomic mass is 10.2. The largest absolute Gasteiger partial charge is 0.486 e. The molecule has 0 aromatic heterocycles. The van der Waals surface area contributed by atoms with Crippen LogP contribution in [0.3, 0.4) is 0 Å². The molecule has 0 saturated carbocycles. The highest BCUT2D eigenvalue weighted by molar-refractivity contribution is 9.10. The fourth-order valence-corrected chi connectivity index (χ4v) is 3.86. The third-order valence-corrected chi connectivity index (χ3v) is 6.24. The molecule has 150 valence electrons. The Balaban J connectivity index is 1.62. The van der Waals surface area contributed by atoms with Crippen molar-refractivity contribution in [2.75, 3.05) is 30.3 Å². The van der Waals surface area contributed by atoms with Gasteiger partial charge in [-0.15, -0.1) is 0 Å². The van der Waals surface area contributed by atoms with Crippen LogP contribution in [0.25, 0.3) is 0 Å². The summed E-state index contributed by atoms with van der Waals surface area (Å²) in [4.78, 5) is 12.4. The van der Waals surface area contributed by atoms with Gasteiger partial charge >= 0.3 is 0 Å². The molecule has 0 fully saturated rings. The summed E-state index contributed by atoms with van der Waals surface area (Å²) in [7, 11) is -3.62. The van der Waals surface area contributed by atoms with Gasteiger partial charge in [-0.25, -0.2) is 8.42 Å². The first-order valence-corrected chi connectivity index (χ1v) is 11.3. The van der Waals surface area contributed by atoms with E-state index in [0.717, 1.165) is 20.6 Å². The van der Waals surface area contributed by atoms with Gasteiger partial charge in [0.1, 0.15) is 19.3 Å². The van der Waals surface area contributed by atoms with Gasteiger partial charge in [0.15, 0.2) is 11.5 Å². The Morgan fingerprint density at radius 1 is 1.25 bits per heavy atom. The highest BCUT2D eigenvalue weighted by atomic mass is 79.9. The number of benzene rings is 2. The van der Waals surface area contributed by atoms with E-state index in [0.29, 0.717) is 23.8 Å². The second-order valence-corrected chi connectivity index (χ2v) is 9.27. The lowest BCUT2D eigenvalue weighted by Gasteiger charge is -2.27. The molecule has 2 aromatic rings. The minimum atomic E-state index is -3.62. The number of amides is 1.